The van der Waals surface area contributed by atoms with E-state index in [-0.39, 0.29) is 0 Å². The van der Waals surface area contributed by atoms with Crippen LogP contribution in [0.15, 0.2) is 48.5 Å². The third-order valence-electron chi connectivity index (χ3n) is 3.60. The van der Waals surface area contributed by atoms with Gasteiger partial charge in [-0.1, -0.05) is 55.5 Å². The Morgan fingerprint density at radius 3 is 2.00 bits per heavy atom. The van der Waals surface area contributed by atoms with Gasteiger partial charge in [0.15, 0.2) is 0 Å². The molecule has 1 aliphatic carbocycles. The Morgan fingerprint density at radius 2 is 1.44 bits per heavy atom. The summed E-state index contributed by atoms with van der Waals surface area (Å²) in [6.45, 7) is 3.79. The van der Waals surface area contributed by atoms with E-state index in [0.29, 0.717) is 5.92 Å². The molecule has 18 heavy (non-hydrogen) atoms. The van der Waals surface area contributed by atoms with Crippen LogP contribution in [0.4, 0.5) is 0 Å². The van der Waals surface area contributed by atoms with Crippen LogP contribution in [0.2, 0.25) is 0 Å². The number of hydrogen-bond acceptors (Lipinski definition) is 1. The minimum atomic E-state index is 0.406. The summed E-state index contributed by atoms with van der Waals surface area (Å²) in [7, 11) is 0. The maximum atomic E-state index is 5.78. The predicted octanol–water partition coefficient (Wildman–Crippen LogP) is 4.23. The minimum absolute atomic E-state index is 0.406. The zero-order valence-corrected chi connectivity index (χ0v) is 10.7. The lowest BCUT2D eigenvalue weighted by Crippen LogP contribution is -2.07. The van der Waals surface area contributed by atoms with Crippen molar-refractivity contribution in [2.24, 2.45) is 0 Å². The molecule has 0 unspecified atom stereocenters. The molecule has 1 nitrogen and oxygen atoms in total. The van der Waals surface area contributed by atoms with E-state index >= 15 is 0 Å². The van der Waals surface area contributed by atoms with E-state index in [1.165, 1.54) is 22.3 Å². The number of ether oxygens (including phenoxy) is 1. The Labute approximate surface area is 108 Å². The third kappa shape index (κ3) is 1.85. The summed E-state index contributed by atoms with van der Waals surface area (Å²) < 4.78 is 5.78. The van der Waals surface area contributed by atoms with Crippen molar-refractivity contribution in [2.45, 2.75) is 19.3 Å². The Bertz CT molecular complexity index is 499. The van der Waals surface area contributed by atoms with Crippen molar-refractivity contribution in [2.75, 3.05) is 13.2 Å². The van der Waals surface area contributed by atoms with E-state index < -0.39 is 0 Å². The van der Waals surface area contributed by atoms with Gasteiger partial charge in [-0.05, 0) is 28.7 Å². The number of benzene rings is 2. The molecule has 0 saturated carbocycles. The standard InChI is InChI=1S/C17H18O/c1-2-11-18-12-17-15-9-5-3-7-13(15)14-8-4-6-10-16(14)17/h3-10,17H,2,11-12H2,1H3. The van der Waals surface area contributed by atoms with Crippen molar-refractivity contribution in [3.63, 3.8) is 0 Å². The van der Waals surface area contributed by atoms with Crippen LogP contribution in [0.5, 0.6) is 0 Å². The van der Waals surface area contributed by atoms with Crippen LogP contribution < -0.4 is 0 Å². The van der Waals surface area contributed by atoms with Crippen molar-refractivity contribution < 1.29 is 4.74 Å². The van der Waals surface area contributed by atoms with Gasteiger partial charge in [-0.25, -0.2) is 0 Å². The molecule has 92 valence electrons. The molecule has 2 aromatic carbocycles. The summed E-state index contributed by atoms with van der Waals surface area (Å²) in [5.41, 5.74) is 5.57. The molecule has 0 amide bonds. The normalized spacial score (nSPS) is 13.4. The topological polar surface area (TPSA) is 9.23 Å². The van der Waals surface area contributed by atoms with E-state index in [0.717, 1.165) is 19.6 Å². The average Bonchev–Trinajstić information content (AvgIpc) is 2.74. The van der Waals surface area contributed by atoms with Gasteiger partial charge in [-0.2, -0.15) is 0 Å². The molecule has 0 spiro atoms. The van der Waals surface area contributed by atoms with Crippen molar-refractivity contribution in [1.29, 1.82) is 0 Å². The lowest BCUT2D eigenvalue weighted by Gasteiger charge is -2.13. The fraction of sp³-hybridized carbons (Fsp3) is 0.294. The number of hydrogen-bond donors (Lipinski definition) is 0. The van der Waals surface area contributed by atoms with Gasteiger partial charge in [0, 0.05) is 12.5 Å². The SMILES string of the molecule is CCCOCC1c2ccccc2-c2ccccc21. The molecule has 0 radical (unpaired) electrons. The van der Waals surface area contributed by atoms with Crippen molar-refractivity contribution >= 4 is 0 Å². The molecule has 1 heteroatoms. The van der Waals surface area contributed by atoms with Crippen LogP contribution in [-0.2, 0) is 4.74 Å². The first-order chi connectivity index (χ1) is 8.92. The summed E-state index contributed by atoms with van der Waals surface area (Å²) in [6.07, 6.45) is 1.08. The molecule has 2 aromatic rings. The largest absolute Gasteiger partial charge is 0.380 e. The first kappa shape index (κ1) is 11.5. The average molecular weight is 238 g/mol. The Morgan fingerprint density at radius 1 is 0.889 bits per heavy atom. The smallest absolute Gasteiger partial charge is 0.0575 e. The van der Waals surface area contributed by atoms with Gasteiger partial charge in [-0.15, -0.1) is 0 Å². The van der Waals surface area contributed by atoms with Gasteiger partial charge in [0.2, 0.25) is 0 Å². The molecular formula is C17H18O. The lowest BCUT2D eigenvalue weighted by atomic mass is 9.98. The predicted molar refractivity (Wildman–Crippen MR) is 74.8 cm³/mol. The van der Waals surface area contributed by atoms with Crippen LogP contribution in [0.3, 0.4) is 0 Å². The van der Waals surface area contributed by atoms with Crippen molar-refractivity contribution in [1.82, 2.24) is 0 Å². The highest BCUT2D eigenvalue weighted by Crippen LogP contribution is 2.44. The highest BCUT2D eigenvalue weighted by atomic mass is 16.5. The minimum Gasteiger partial charge on any atom is -0.380 e. The number of fused-ring (bicyclic) bond motifs is 3. The quantitative estimate of drug-likeness (QED) is 0.724. The molecule has 0 heterocycles. The summed E-state index contributed by atoms with van der Waals surface area (Å²) in [5, 5.41) is 0. The summed E-state index contributed by atoms with van der Waals surface area (Å²) in [6, 6.07) is 17.4. The van der Waals surface area contributed by atoms with Gasteiger partial charge in [-0.3, -0.25) is 0 Å². The first-order valence-electron chi connectivity index (χ1n) is 6.67. The summed E-state index contributed by atoms with van der Waals surface area (Å²) in [5.74, 6) is 0.406. The second-order valence-corrected chi connectivity index (χ2v) is 4.80. The second-order valence-electron chi connectivity index (χ2n) is 4.80. The monoisotopic (exact) mass is 238 g/mol. The Balaban J connectivity index is 1.98. The van der Waals surface area contributed by atoms with Crippen LogP contribution in [0.25, 0.3) is 11.1 Å². The lowest BCUT2D eigenvalue weighted by molar-refractivity contribution is 0.129. The van der Waals surface area contributed by atoms with E-state index in [9.17, 15) is 0 Å². The summed E-state index contributed by atoms with van der Waals surface area (Å²) >= 11 is 0. The van der Waals surface area contributed by atoms with Crippen LogP contribution in [-0.4, -0.2) is 13.2 Å². The molecule has 0 saturated heterocycles. The van der Waals surface area contributed by atoms with Gasteiger partial charge in [0.1, 0.15) is 0 Å². The summed E-state index contributed by atoms with van der Waals surface area (Å²) in [4.78, 5) is 0. The number of rotatable bonds is 4. The maximum absolute atomic E-state index is 5.78. The Kier molecular flexibility index (Phi) is 3.16. The molecule has 1 aliphatic rings. The second kappa shape index (κ2) is 4.95. The Hall–Kier alpha value is -1.60. The zero-order chi connectivity index (χ0) is 12.4. The molecule has 0 bridgehead atoms. The zero-order valence-electron chi connectivity index (χ0n) is 10.7. The molecular weight excluding hydrogens is 220 g/mol. The van der Waals surface area contributed by atoms with E-state index in [2.05, 4.69) is 55.5 Å². The fourth-order valence-electron chi connectivity index (χ4n) is 2.78. The van der Waals surface area contributed by atoms with Gasteiger partial charge >= 0.3 is 0 Å². The third-order valence-corrected chi connectivity index (χ3v) is 3.60. The highest BCUT2D eigenvalue weighted by molar-refractivity contribution is 5.78. The van der Waals surface area contributed by atoms with E-state index in [1.54, 1.807) is 0 Å². The fourth-order valence-corrected chi connectivity index (χ4v) is 2.78. The molecule has 3 rings (SSSR count). The molecule has 0 atom stereocenters. The van der Waals surface area contributed by atoms with Gasteiger partial charge in [0.05, 0.1) is 6.61 Å². The van der Waals surface area contributed by atoms with Gasteiger partial charge < -0.3 is 4.74 Å². The maximum Gasteiger partial charge on any atom is 0.0575 e. The molecule has 0 aliphatic heterocycles. The van der Waals surface area contributed by atoms with Crippen LogP contribution in [0.1, 0.15) is 30.4 Å². The van der Waals surface area contributed by atoms with Crippen LogP contribution >= 0.6 is 0 Å². The van der Waals surface area contributed by atoms with E-state index in [4.69, 9.17) is 4.74 Å². The van der Waals surface area contributed by atoms with Crippen molar-refractivity contribution in [3.8, 4) is 11.1 Å². The van der Waals surface area contributed by atoms with Gasteiger partial charge in [0.25, 0.3) is 0 Å². The van der Waals surface area contributed by atoms with E-state index in [1.807, 2.05) is 0 Å². The first-order valence-corrected chi connectivity index (χ1v) is 6.67. The molecule has 0 N–H and O–H groups in total. The highest BCUT2D eigenvalue weighted by Gasteiger charge is 2.27. The van der Waals surface area contributed by atoms with Crippen LogP contribution in [0, 0.1) is 0 Å². The molecule has 0 aromatic heterocycles. The molecule has 0 fully saturated rings. The van der Waals surface area contributed by atoms with Crippen molar-refractivity contribution in [3.05, 3.63) is 59.7 Å².